The SMILES string of the molecule is CC1=NN=NC1C. The summed E-state index contributed by atoms with van der Waals surface area (Å²) in [7, 11) is 0. The van der Waals surface area contributed by atoms with Crippen LogP contribution in [0.1, 0.15) is 13.8 Å². The van der Waals surface area contributed by atoms with Gasteiger partial charge in [0.15, 0.2) is 0 Å². The van der Waals surface area contributed by atoms with E-state index in [1.54, 1.807) is 0 Å². The summed E-state index contributed by atoms with van der Waals surface area (Å²) in [5, 5.41) is 10.9. The summed E-state index contributed by atoms with van der Waals surface area (Å²) in [6.45, 7) is 3.89. The van der Waals surface area contributed by atoms with Crippen LogP contribution >= 0.6 is 0 Å². The van der Waals surface area contributed by atoms with Gasteiger partial charge in [0.2, 0.25) is 0 Å². The Bertz CT molecular complexity index is 125. The summed E-state index contributed by atoms with van der Waals surface area (Å²) in [6.07, 6.45) is 0. The Morgan fingerprint density at radius 2 is 2.29 bits per heavy atom. The molecule has 3 heteroatoms. The smallest absolute Gasteiger partial charge is 0.110 e. The van der Waals surface area contributed by atoms with Crippen molar-refractivity contribution in [3.05, 3.63) is 0 Å². The predicted octanol–water partition coefficient (Wildman–Crippen LogP) is 1.22. The van der Waals surface area contributed by atoms with Crippen LogP contribution in [-0.4, -0.2) is 11.8 Å². The average molecular weight is 97.1 g/mol. The largest absolute Gasteiger partial charge is 0.160 e. The van der Waals surface area contributed by atoms with Gasteiger partial charge < -0.3 is 0 Å². The molecule has 1 aliphatic heterocycles. The first-order valence-corrected chi connectivity index (χ1v) is 2.25. The second kappa shape index (κ2) is 1.40. The Hall–Kier alpha value is -0.730. The van der Waals surface area contributed by atoms with Crippen LogP contribution < -0.4 is 0 Å². The van der Waals surface area contributed by atoms with E-state index in [0.29, 0.717) is 0 Å². The summed E-state index contributed by atoms with van der Waals surface area (Å²) in [5.41, 5.74) is 1.00. The Morgan fingerprint density at radius 3 is 2.43 bits per heavy atom. The molecular weight excluding hydrogens is 90.1 g/mol. The Balaban J connectivity index is 2.69. The van der Waals surface area contributed by atoms with E-state index < -0.39 is 0 Å². The fourth-order valence-corrected chi connectivity index (χ4v) is 0.341. The zero-order valence-electron chi connectivity index (χ0n) is 4.42. The van der Waals surface area contributed by atoms with Crippen LogP contribution in [0.5, 0.6) is 0 Å². The molecule has 0 saturated heterocycles. The molecule has 1 heterocycles. The minimum absolute atomic E-state index is 0.222. The van der Waals surface area contributed by atoms with Gasteiger partial charge in [0.05, 0.1) is 5.71 Å². The molecule has 1 unspecified atom stereocenters. The van der Waals surface area contributed by atoms with Crippen LogP contribution in [0.2, 0.25) is 0 Å². The summed E-state index contributed by atoms with van der Waals surface area (Å²) in [5.74, 6) is 0. The van der Waals surface area contributed by atoms with Crippen LogP contribution in [-0.2, 0) is 0 Å². The highest BCUT2D eigenvalue weighted by Gasteiger charge is 2.06. The second-order valence-corrected chi connectivity index (χ2v) is 1.62. The van der Waals surface area contributed by atoms with Crippen LogP contribution in [0.15, 0.2) is 15.4 Å². The van der Waals surface area contributed by atoms with Gasteiger partial charge in [-0.1, -0.05) is 0 Å². The van der Waals surface area contributed by atoms with Crippen molar-refractivity contribution in [1.82, 2.24) is 0 Å². The molecule has 0 fully saturated rings. The van der Waals surface area contributed by atoms with Gasteiger partial charge in [-0.3, -0.25) is 0 Å². The van der Waals surface area contributed by atoms with E-state index in [2.05, 4.69) is 15.4 Å². The lowest BCUT2D eigenvalue weighted by molar-refractivity contribution is 0.910. The molecule has 0 N–H and O–H groups in total. The fraction of sp³-hybridized carbons (Fsp3) is 0.750. The molecule has 1 rings (SSSR count). The highest BCUT2D eigenvalue weighted by atomic mass is 15.4. The van der Waals surface area contributed by atoms with Gasteiger partial charge in [0, 0.05) is 0 Å². The molecule has 0 spiro atoms. The lowest BCUT2D eigenvalue weighted by Crippen LogP contribution is -2.04. The van der Waals surface area contributed by atoms with Crippen LogP contribution in [0.4, 0.5) is 0 Å². The van der Waals surface area contributed by atoms with Crippen molar-refractivity contribution in [3.63, 3.8) is 0 Å². The predicted molar refractivity (Wildman–Crippen MR) is 27.4 cm³/mol. The summed E-state index contributed by atoms with van der Waals surface area (Å²) in [4.78, 5) is 0. The lowest BCUT2D eigenvalue weighted by Gasteiger charge is -1.89. The maximum atomic E-state index is 3.74. The van der Waals surface area contributed by atoms with Gasteiger partial charge in [-0.25, -0.2) is 0 Å². The van der Waals surface area contributed by atoms with E-state index in [0.717, 1.165) is 5.71 Å². The molecular formula is C4H7N3. The van der Waals surface area contributed by atoms with Crippen molar-refractivity contribution in [2.75, 3.05) is 0 Å². The number of rotatable bonds is 0. The molecule has 3 nitrogen and oxygen atoms in total. The van der Waals surface area contributed by atoms with Crippen molar-refractivity contribution >= 4 is 5.71 Å². The molecule has 0 radical (unpaired) electrons. The Morgan fingerprint density at radius 1 is 1.57 bits per heavy atom. The van der Waals surface area contributed by atoms with Crippen molar-refractivity contribution < 1.29 is 0 Å². The van der Waals surface area contributed by atoms with Gasteiger partial charge in [-0.05, 0) is 19.1 Å². The van der Waals surface area contributed by atoms with E-state index >= 15 is 0 Å². The second-order valence-electron chi connectivity index (χ2n) is 1.62. The fourth-order valence-electron chi connectivity index (χ4n) is 0.341. The van der Waals surface area contributed by atoms with Crippen LogP contribution in [0.25, 0.3) is 0 Å². The first-order chi connectivity index (χ1) is 3.30. The van der Waals surface area contributed by atoms with Crippen molar-refractivity contribution in [2.45, 2.75) is 19.9 Å². The summed E-state index contributed by atoms with van der Waals surface area (Å²) in [6, 6.07) is 0.222. The monoisotopic (exact) mass is 97.1 g/mol. The van der Waals surface area contributed by atoms with E-state index in [4.69, 9.17) is 0 Å². The highest BCUT2D eigenvalue weighted by molar-refractivity contribution is 5.87. The number of nitrogens with zero attached hydrogens (tertiary/aromatic N) is 3. The molecule has 0 aromatic carbocycles. The third kappa shape index (κ3) is 0.656. The zero-order valence-corrected chi connectivity index (χ0v) is 4.42. The molecule has 1 aliphatic rings. The topological polar surface area (TPSA) is 37.1 Å². The highest BCUT2D eigenvalue weighted by Crippen LogP contribution is 2.02. The molecule has 0 aliphatic carbocycles. The van der Waals surface area contributed by atoms with E-state index in [1.807, 2.05) is 13.8 Å². The molecule has 0 bridgehead atoms. The first kappa shape index (κ1) is 4.43. The van der Waals surface area contributed by atoms with Gasteiger partial charge >= 0.3 is 0 Å². The minimum atomic E-state index is 0.222. The maximum absolute atomic E-state index is 3.74. The van der Waals surface area contributed by atoms with Gasteiger partial charge in [0.1, 0.15) is 6.04 Å². The molecule has 38 valence electrons. The number of hydrogen-bond acceptors (Lipinski definition) is 3. The maximum Gasteiger partial charge on any atom is 0.110 e. The van der Waals surface area contributed by atoms with E-state index in [1.165, 1.54) is 0 Å². The van der Waals surface area contributed by atoms with Crippen molar-refractivity contribution in [1.29, 1.82) is 0 Å². The Kier molecular flexibility index (Phi) is 0.889. The average Bonchev–Trinajstić information content (AvgIpc) is 1.91. The molecule has 7 heavy (non-hydrogen) atoms. The van der Waals surface area contributed by atoms with Gasteiger partial charge in [-0.2, -0.15) is 5.11 Å². The van der Waals surface area contributed by atoms with Crippen molar-refractivity contribution in [3.8, 4) is 0 Å². The van der Waals surface area contributed by atoms with Crippen LogP contribution in [0, 0.1) is 0 Å². The van der Waals surface area contributed by atoms with Crippen molar-refractivity contribution in [2.24, 2.45) is 15.4 Å². The third-order valence-electron chi connectivity index (χ3n) is 1.03. The quantitative estimate of drug-likeness (QED) is 0.435. The van der Waals surface area contributed by atoms with E-state index in [9.17, 15) is 0 Å². The summed E-state index contributed by atoms with van der Waals surface area (Å²) < 4.78 is 0. The standard InChI is InChI=1S/C4H7N3/c1-3-4(2)6-7-5-3/h3H,1-2H3. The normalized spacial score (nSPS) is 28.3. The molecule has 0 aromatic rings. The molecule has 0 aromatic heterocycles. The summed E-state index contributed by atoms with van der Waals surface area (Å²) >= 11 is 0. The van der Waals surface area contributed by atoms with Crippen LogP contribution in [0.3, 0.4) is 0 Å². The van der Waals surface area contributed by atoms with E-state index in [-0.39, 0.29) is 6.04 Å². The molecule has 0 amide bonds. The Labute approximate surface area is 42.1 Å². The lowest BCUT2D eigenvalue weighted by atomic mass is 10.2. The minimum Gasteiger partial charge on any atom is -0.160 e. The molecule has 1 atom stereocenters. The van der Waals surface area contributed by atoms with Gasteiger partial charge in [0.25, 0.3) is 0 Å². The van der Waals surface area contributed by atoms with Gasteiger partial charge in [-0.15, -0.1) is 5.10 Å². The first-order valence-electron chi connectivity index (χ1n) is 2.25. The third-order valence-corrected chi connectivity index (χ3v) is 1.03. The number of hydrogen-bond donors (Lipinski definition) is 0. The zero-order chi connectivity index (χ0) is 5.28. The molecule has 0 saturated carbocycles.